The van der Waals surface area contributed by atoms with Crippen LogP contribution >= 0.6 is 11.6 Å². The Balaban J connectivity index is 1.55. The van der Waals surface area contributed by atoms with E-state index in [-0.39, 0.29) is 12.0 Å². The van der Waals surface area contributed by atoms with E-state index >= 15 is 0 Å². The SMILES string of the molecule is CCCc1c(C(C)c2ccc(OCC3CCCO3)cc2)[nH]c2ccc(Cl)cc12. The molecule has 4 heteroatoms. The molecular weight excluding hydrogens is 370 g/mol. The van der Waals surface area contributed by atoms with Crippen LogP contribution in [0.1, 0.15) is 55.8 Å². The molecule has 1 aliphatic heterocycles. The standard InChI is InChI=1S/C24H28ClNO2/c1-3-5-21-22-14-18(25)9-12-23(22)26-24(21)16(2)17-7-10-19(11-8-17)28-15-20-6-4-13-27-20/h7-12,14,16,20,26H,3-6,13,15H2,1-2H3. The van der Waals surface area contributed by atoms with E-state index in [1.54, 1.807) is 0 Å². The number of hydrogen-bond donors (Lipinski definition) is 1. The minimum atomic E-state index is 0.244. The monoisotopic (exact) mass is 397 g/mol. The van der Waals surface area contributed by atoms with Crippen LogP contribution in [0.4, 0.5) is 0 Å². The van der Waals surface area contributed by atoms with E-state index in [1.807, 2.05) is 6.07 Å². The molecule has 3 aromatic rings. The number of fused-ring (bicyclic) bond motifs is 1. The van der Waals surface area contributed by atoms with Crippen molar-refractivity contribution in [3.63, 3.8) is 0 Å². The van der Waals surface area contributed by atoms with Crippen molar-refractivity contribution in [2.45, 2.75) is 51.6 Å². The Morgan fingerprint density at radius 2 is 2.04 bits per heavy atom. The van der Waals surface area contributed by atoms with Gasteiger partial charge in [0.1, 0.15) is 12.4 Å². The van der Waals surface area contributed by atoms with E-state index in [0.29, 0.717) is 6.61 Å². The predicted molar refractivity (Wildman–Crippen MR) is 116 cm³/mol. The Bertz CT molecular complexity index is 926. The van der Waals surface area contributed by atoms with E-state index < -0.39 is 0 Å². The van der Waals surface area contributed by atoms with Crippen LogP contribution in [0.2, 0.25) is 5.02 Å². The molecule has 0 spiro atoms. The molecule has 0 radical (unpaired) electrons. The van der Waals surface area contributed by atoms with Crippen molar-refractivity contribution in [1.29, 1.82) is 0 Å². The lowest BCUT2D eigenvalue weighted by atomic mass is 9.93. The molecule has 1 fully saturated rings. The molecule has 3 nitrogen and oxygen atoms in total. The molecule has 2 heterocycles. The average Bonchev–Trinajstić information content (AvgIpc) is 3.35. The molecule has 0 bridgehead atoms. The maximum atomic E-state index is 6.25. The van der Waals surface area contributed by atoms with Crippen LogP contribution in [0.25, 0.3) is 10.9 Å². The van der Waals surface area contributed by atoms with Gasteiger partial charge in [-0.05, 0) is 60.7 Å². The van der Waals surface area contributed by atoms with Gasteiger partial charge in [-0.2, -0.15) is 0 Å². The number of aryl methyl sites for hydroxylation is 1. The molecule has 0 saturated carbocycles. The highest BCUT2D eigenvalue weighted by Gasteiger charge is 2.19. The van der Waals surface area contributed by atoms with Crippen molar-refractivity contribution in [2.24, 2.45) is 0 Å². The van der Waals surface area contributed by atoms with Gasteiger partial charge in [0.2, 0.25) is 0 Å². The first-order valence-electron chi connectivity index (χ1n) is 10.3. The van der Waals surface area contributed by atoms with Crippen molar-refractivity contribution in [2.75, 3.05) is 13.2 Å². The van der Waals surface area contributed by atoms with Gasteiger partial charge in [0.15, 0.2) is 0 Å². The summed E-state index contributed by atoms with van der Waals surface area (Å²) in [6.07, 6.45) is 4.63. The fourth-order valence-corrected chi connectivity index (χ4v) is 4.29. The zero-order chi connectivity index (χ0) is 19.5. The summed E-state index contributed by atoms with van der Waals surface area (Å²) in [5, 5.41) is 2.03. The van der Waals surface area contributed by atoms with Crippen LogP contribution in [0.5, 0.6) is 5.75 Å². The zero-order valence-corrected chi connectivity index (χ0v) is 17.4. The summed E-state index contributed by atoms with van der Waals surface area (Å²) in [5.41, 5.74) is 5.10. The summed E-state index contributed by atoms with van der Waals surface area (Å²) in [6.45, 7) is 5.98. The Hall–Kier alpha value is -1.97. The zero-order valence-electron chi connectivity index (χ0n) is 16.6. The minimum Gasteiger partial charge on any atom is -0.491 e. The summed E-state index contributed by atoms with van der Waals surface area (Å²) >= 11 is 6.25. The highest BCUT2D eigenvalue weighted by Crippen LogP contribution is 2.34. The molecule has 2 aromatic carbocycles. The Kier molecular flexibility index (Phi) is 5.93. The summed E-state index contributed by atoms with van der Waals surface area (Å²) in [6, 6.07) is 14.6. The first kappa shape index (κ1) is 19.4. The maximum Gasteiger partial charge on any atom is 0.119 e. The molecule has 2 unspecified atom stereocenters. The second-order valence-electron chi connectivity index (χ2n) is 7.69. The number of H-pyrrole nitrogens is 1. The normalized spacial score (nSPS) is 17.9. The molecule has 0 aliphatic carbocycles. The third-order valence-corrected chi connectivity index (χ3v) is 5.91. The van der Waals surface area contributed by atoms with Crippen LogP contribution in [0.3, 0.4) is 0 Å². The van der Waals surface area contributed by atoms with Gasteiger partial charge >= 0.3 is 0 Å². The Labute approximate surface area is 172 Å². The summed E-state index contributed by atoms with van der Waals surface area (Å²) < 4.78 is 11.5. The first-order chi connectivity index (χ1) is 13.7. The van der Waals surface area contributed by atoms with Crippen LogP contribution in [0, 0.1) is 0 Å². The Morgan fingerprint density at radius 3 is 2.75 bits per heavy atom. The number of hydrogen-bond acceptors (Lipinski definition) is 2. The predicted octanol–water partition coefficient (Wildman–Crippen LogP) is 6.48. The lowest BCUT2D eigenvalue weighted by Gasteiger charge is -2.15. The van der Waals surface area contributed by atoms with E-state index in [2.05, 4.69) is 55.2 Å². The fraction of sp³-hybridized carbons (Fsp3) is 0.417. The third-order valence-electron chi connectivity index (χ3n) is 5.67. The molecule has 2 atom stereocenters. The molecular formula is C24H28ClNO2. The largest absolute Gasteiger partial charge is 0.491 e. The highest BCUT2D eigenvalue weighted by atomic mass is 35.5. The van der Waals surface area contributed by atoms with E-state index in [1.165, 1.54) is 22.2 Å². The highest BCUT2D eigenvalue weighted by molar-refractivity contribution is 6.31. The topological polar surface area (TPSA) is 34.2 Å². The number of halogens is 1. The number of nitrogens with one attached hydrogen (secondary N) is 1. The number of benzene rings is 2. The van der Waals surface area contributed by atoms with Gasteiger partial charge in [-0.25, -0.2) is 0 Å². The maximum absolute atomic E-state index is 6.25. The number of ether oxygens (including phenoxy) is 2. The molecule has 1 N–H and O–H groups in total. The smallest absolute Gasteiger partial charge is 0.119 e. The quantitative estimate of drug-likeness (QED) is 0.494. The molecule has 28 heavy (non-hydrogen) atoms. The molecule has 0 amide bonds. The van der Waals surface area contributed by atoms with Gasteiger partial charge < -0.3 is 14.5 Å². The van der Waals surface area contributed by atoms with E-state index in [0.717, 1.165) is 48.6 Å². The van der Waals surface area contributed by atoms with Crippen molar-refractivity contribution >= 4 is 22.5 Å². The van der Waals surface area contributed by atoms with Crippen molar-refractivity contribution in [3.8, 4) is 5.75 Å². The average molecular weight is 398 g/mol. The number of aromatic nitrogens is 1. The second-order valence-corrected chi connectivity index (χ2v) is 8.13. The van der Waals surface area contributed by atoms with Crippen LogP contribution < -0.4 is 4.74 Å². The molecule has 1 aromatic heterocycles. The summed E-state index contributed by atoms with van der Waals surface area (Å²) in [5.74, 6) is 1.18. The van der Waals surface area contributed by atoms with Crippen molar-refractivity contribution in [1.82, 2.24) is 4.98 Å². The third kappa shape index (κ3) is 4.06. The summed E-state index contributed by atoms with van der Waals surface area (Å²) in [4.78, 5) is 3.64. The van der Waals surface area contributed by atoms with Crippen molar-refractivity contribution < 1.29 is 9.47 Å². The van der Waals surface area contributed by atoms with Gasteiger partial charge in [0.05, 0.1) is 6.10 Å². The lowest BCUT2D eigenvalue weighted by molar-refractivity contribution is 0.0679. The van der Waals surface area contributed by atoms with Crippen LogP contribution in [-0.2, 0) is 11.2 Å². The number of rotatable bonds is 7. The first-order valence-corrected chi connectivity index (χ1v) is 10.7. The molecule has 1 saturated heterocycles. The minimum absolute atomic E-state index is 0.244. The van der Waals surface area contributed by atoms with Crippen LogP contribution in [0.15, 0.2) is 42.5 Å². The summed E-state index contributed by atoms with van der Waals surface area (Å²) in [7, 11) is 0. The van der Waals surface area contributed by atoms with Gasteiger partial charge in [0, 0.05) is 34.1 Å². The molecule has 148 valence electrons. The van der Waals surface area contributed by atoms with Gasteiger partial charge in [-0.3, -0.25) is 0 Å². The molecule has 4 rings (SSSR count). The fourth-order valence-electron chi connectivity index (χ4n) is 4.11. The van der Waals surface area contributed by atoms with E-state index in [4.69, 9.17) is 21.1 Å². The number of aromatic amines is 1. The second kappa shape index (κ2) is 8.59. The van der Waals surface area contributed by atoms with Crippen LogP contribution in [-0.4, -0.2) is 24.3 Å². The van der Waals surface area contributed by atoms with Gasteiger partial charge in [-0.1, -0.05) is 44.0 Å². The van der Waals surface area contributed by atoms with Crippen molar-refractivity contribution in [3.05, 3.63) is 64.3 Å². The van der Waals surface area contributed by atoms with E-state index in [9.17, 15) is 0 Å². The molecule has 1 aliphatic rings. The van der Waals surface area contributed by atoms with Gasteiger partial charge in [-0.15, -0.1) is 0 Å². The van der Waals surface area contributed by atoms with Gasteiger partial charge in [0.25, 0.3) is 0 Å². The lowest BCUT2D eigenvalue weighted by Crippen LogP contribution is -2.16. The Morgan fingerprint density at radius 1 is 1.21 bits per heavy atom.